The Labute approximate surface area is 697 Å². The van der Waals surface area contributed by atoms with Crippen molar-refractivity contribution in [3.05, 3.63) is 457 Å². The van der Waals surface area contributed by atoms with E-state index in [2.05, 4.69) is 385 Å². The van der Waals surface area contributed by atoms with E-state index in [0.717, 1.165) is 150 Å². The fraction of sp³-hybridized carbons (Fsp3) is 0. The van der Waals surface area contributed by atoms with Crippen molar-refractivity contribution in [2.24, 2.45) is 0 Å². The van der Waals surface area contributed by atoms with Crippen LogP contribution in [0.3, 0.4) is 0 Å². The molecule has 0 fully saturated rings. The van der Waals surface area contributed by atoms with E-state index in [4.69, 9.17) is 0 Å². The van der Waals surface area contributed by atoms with E-state index in [0.29, 0.717) is 0 Å². The van der Waals surface area contributed by atoms with E-state index in [1.54, 1.807) is 12.7 Å². The third kappa shape index (κ3) is 16.8. The average molecular weight is 1530 g/mol. The molecule has 120 heavy (non-hydrogen) atoms. The van der Waals surface area contributed by atoms with Gasteiger partial charge in [0.15, 0.2) is 0 Å². The van der Waals surface area contributed by atoms with Crippen LogP contribution in [0.5, 0.6) is 0 Å². The van der Waals surface area contributed by atoms with Crippen LogP contribution in [0.25, 0.3) is 200 Å². The molecule has 0 aliphatic rings. The van der Waals surface area contributed by atoms with Gasteiger partial charge < -0.3 is 0 Å². The number of hydrogen-bond acceptors (Lipinski definition) is 9. The Balaban J connectivity index is 0.000000159. The van der Waals surface area contributed by atoms with Gasteiger partial charge in [0.05, 0.1) is 0 Å². The molecule has 0 radical (unpaired) electrons. The number of nitrogens with zero attached hydrogens (tertiary/aromatic N) is 9. The van der Waals surface area contributed by atoms with Crippen molar-refractivity contribution in [3.63, 3.8) is 0 Å². The van der Waals surface area contributed by atoms with Gasteiger partial charge in [-0.1, -0.05) is 231 Å². The maximum Gasteiger partial charge on any atom is 0.115 e. The molecule has 0 atom stereocenters. The zero-order chi connectivity index (χ0) is 80.2. The monoisotopic (exact) mass is 1530 g/mol. The highest BCUT2D eigenvalue weighted by atomic mass is 14.8. The van der Waals surface area contributed by atoms with Crippen molar-refractivity contribution in [3.8, 4) is 200 Å². The Morgan fingerprint density at radius 2 is 0.242 bits per heavy atom. The molecule has 0 saturated heterocycles. The molecule has 20 aromatic rings. The molecule has 7 aromatic heterocycles. The van der Waals surface area contributed by atoms with Crippen molar-refractivity contribution < 1.29 is 0 Å². The lowest BCUT2D eigenvalue weighted by molar-refractivity contribution is 1.17. The molecule has 0 N–H and O–H groups in total. The standard InChI is InChI=1S/C57H39N3.C54H36N6/c1-10-40(44-14-3-18-48(30-44)52-22-7-25-58-37-52)28-42(12-1)46-16-5-20-50(32-46)55-34-56(36-57(35-55)54-24-9-27-60-39-54)51-21-6-17-47(33-51)43-13-2-11-41(29-43)45-15-4-19-49(31-45)53-23-8-26-59-38-53;1-2-8-37(9-3-1)46-22-47(42-14-4-10-38(18-42)40-12-6-16-44(20-40)49-25-51(29-55-27-49)53-31-57-35-58-32-53)24-48(23-46)43-15-5-11-39(19-43)41-13-7-17-45(21-41)50-26-52(30-56-28-50)54-33-59-36-60-34-54/h1-39H;1-36H. The first-order chi connectivity index (χ1) is 59.4. The van der Waals surface area contributed by atoms with E-state index in [1.807, 2.05) is 105 Å². The molecule has 0 bridgehead atoms. The highest BCUT2D eigenvalue weighted by Gasteiger charge is 2.17. The lowest BCUT2D eigenvalue weighted by Crippen LogP contribution is -1.89. The largest absolute Gasteiger partial charge is 0.264 e. The molecule has 0 aliphatic carbocycles. The Kier molecular flexibility index (Phi) is 21.2. The summed E-state index contributed by atoms with van der Waals surface area (Å²) in [5, 5.41) is 0. The third-order valence-electron chi connectivity index (χ3n) is 21.8. The van der Waals surface area contributed by atoms with Crippen LogP contribution in [-0.4, -0.2) is 44.9 Å². The number of aromatic nitrogens is 9. The second-order valence-electron chi connectivity index (χ2n) is 29.7. The minimum absolute atomic E-state index is 0.934. The minimum Gasteiger partial charge on any atom is -0.264 e. The van der Waals surface area contributed by atoms with Gasteiger partial charge in [0.2, 0.25) is 0 Å². The van der Waals surface area contributed by atoms with Gasteiger partial charge in [0, 0.05) is 137 Å². The summed E-state index contributed by atoms with van der Waals surface area (Å²) in [7, 11) is 0. The predicted octanol–water partition coefficient (Wildman–Crippen LogP) is 27.9. The SMILES string of the molecule is c1ccc(-c2cc(-c3cccc(-c4cccc(-c5cncc(-c6cncnc6)c5)c4)c3)cc(-c3cccc(-c4cccc(-c5cncc(-c6cncnc6)c5)c4)c3)c2)cc1.c1cncc(-c2cccc(-c3cccc(-c4cccc(-c5cc(-c6cccnc6)cc(-c6cccc(-c7cccc(-c8cccc(-c9cccnc9)c8)c7)c6)c5)c4)c3)c2)c1. The predicted molar refractivity (Wildman–Crippen MR) is 491 cm³/mol. The summed E-state index contributed by atoms with van der Waals surface area (Å²) in [6.07, 6.45) is 29.1. The first-order valence-corrected chi connectivity index (χ1v) is 39.9. The van der Waals surface area contributed by atoms with Crippen molar-refractivity contribution in [2.75, 3.05) is 0 Å². The van der Waals surface area contributed by atoms with Crippen LogP contribution in [0.1, 0.15) is 0 Å². The van der Waals surface area contributed by atoms with E-state index in [9.17, 15) is 0 Å². The van der Waals surface area contributed by atoms with Gasteiger partial charge in [-0.15, -0.1) is 0 Å². The van der Waals surface area contributed by atoms with Crippen molar-refractivity contribution in [1.82, 2.24) is 44.9 Å². The van der Waals surface area contributed by atoms with Crippen LogP contribution >= 0.6 is 0 Å². The Bertz CT molecular complexity index is 6230. The number of pyridine rings is 5. The molecular formula is C111H75N9. The van der Waals surface area contributed by atoms with Crippen LogP contribution in [0.2, 0.25) is 0 Å². The smallest absolute Gasteiger partial charge is 0.115 e. The number of hydrogen-bond donors (Lipinski definition) is 0. The van der Waals surface area contributed by atoms with Gasteiger partial charge in [-0.25, -0.2) is 19.9 Å². The van der Waals surface area contributed by atoms with Crippen LogP contribution < -0.4 is 0 Å². The summed E-state index contributed by atoms with van der Waals surface area (Å²) in [6.45, 7) is 0. The van der Waals surface area contributed by atoms with Gasteiger partial charge in [-0.2, -0.15) is 0 Å². The van der Waals surface area contributed by atoms with Crippen LogP contribution in [0.15, 0.2) is 457 Å². The van der Waals surface area contributed by atoms with Gasteiger partial charge in [0.25, 0.3) is 0 Å². The Hall–Kier alpha value is -16.2. The Morgan fingerprint density at radius 1 is 0.0917 bits per heavy atom. The van der Waals surface area contributed by atoms with E-state index < -0.39 is 0 Å². The summed E-state index contributed by atoms with van der Waals surface area (Å²) in [6, 6.07) is 129. The second kappa shape index (κ2) is 34.5. The van der Waals surface area contributed by atoms with Gasteiger partial charge in [-0.05, 0) is 278 Å². The third-order valence-corrected chi connectivity index (χ3v) is 21.8. The van der Waals surface area contributed by atoms with Crippen LogP contribution in [0, 0.1) is 0 Å². The first-order valence-electron chi connectivity index (χ1n) is 39.9. The summed E-state index contributed by atoms with van der Waals surface area (Å²) >= 11 is 0. The maximum absolute atomic E-state index is 4.55. The van der Waals surface area contributed by atoms with Crippen molar-refractivity contribution >= 4 is 0 Å². The van der Waals surface area contributed by atoms with Gasteiger partial charge >= 0.3 is 0 Å². The highest BCUT2D eigenvalue weighted by molar-refractivity contribution is 5.89. The zero-order valence-corrected chi connectivity index (χ0v) is 65.3. The maximum atomic E-state index is 4.55. The van der Waals surface area contributed by atoms with Crippen LogP contribution in [0.4, 0.5) is 0 Å². The average Bonchev–Trinajstić information content (AvgIpc) is 0.781. The molecule has 7 heterocycles. The summed E-state index contributed by atoms with van der Waals surface area (Å²) in [5.74, 6) is 0. The van der Waals surface area contributed by atoms with E-state index in [1.165, 1.54) is 50.1 Å². The molecule has 0 amide bonds. The lowest BCUT2D eigenvalue weighted by atomic mass is 9.90. The topological polar surface area (TPSA) is 116 Å². The number of benzene rings is 13. The molecule has 0 saturated carbocycles. The van der Waals surface area contributed by atoms with Gasteiger partial charge in [0.1, 0.15) is 12.7 Å². The quantitative estimate of drug-likeness (QED) is 0.0828. The molecule has 9 nitrogen and oxygen atoms in total. The fourth-order valence-electron chi connectivity index (χ4n) is 15.7. The molecule has 20 rings (SSSR count). The molecule has 564 valence electrons. The second-order valence-corrected chi connectivity index (χ2v) is 29.7. The fourth-order valence-corrected chi connectivity index (χ4v) is 15.7. The summed E-state index contributed by atoms with van der Waals surface area (Å²) < 4.78 is 0. The van der Waals surface area contributed by atoms with Crippen LogP contribution in [-0.2, 0) is 0 Å². The van der Waals surface area contributed by atoms with Crippen molar-refractivity contribution in [1.29, 1.82) is 0 Å². The molecule has 9 heteroatoms. The molecule has 0 unspecified atom stereocenters. The molecule has 0 spiro atoms. The number of rotatable bonds is 18. The first kappa shape index (κ1) is 73.9. The minimum atomic E-state index is 0.934. The summed E-state index contributed by atoms with van der Waals surface area (Å²) in [4.78, 5) is 39.0. The molecular weight excluding hydrogens is 1460 g/mol. The van der Waals surface area contributed by atoms with Gasteiger partial charge in [-0.3, -0.25) is 24.9 Å². The normalized spacial score (nSPS) is 11.0. The van der Waals surface area contributed by atoms with Crippen molar-refractivity contribution in [2.45, 2.75) is 0 Å². The molecule has 13 aromatic carbocycles. The lowest BCUT2D eigenvalue weighted by Gasteiger charge is -2.14. The summed E-state index contributed by atoms with van der Waals surface area (Å²) in [5.41, 5.74) is 40.2. The van der Waals surface area contributed by atoms with E-state index in [-0.39, 0.29) is 0 Å². The molecule has 0 aliphatic heterocycles. The Morgan fingerprint density at radius 3 is 0.483 bits per heavy atom. The zero-order valence-electron chi connectivity index (χ0n) is 65.3. The van der Waals surface area contributed by atoms with E-state index >= 15 is 0 Å². The highest BCUT2D eigenvalue weighted by Crippen LogP contribution is 2.42.